The highest BCUT2D eigenvalue weighted by Crippen LogP contribution is 2.20. The predicted molar refractivity (Wildman–Crippen MR) is 98.7 cm³/mol. The van der Waals surface area contributed by atoms with Crippen molar-refractivity contribution in [2.45, 2.75) is 6.54 Å². The molecule has 26 heavy (non-hydrogen) atoms. The predicted octanol–water partition coefficient (Wildman–Crippen LogP) is 0.691. The van der Waals surface area contributed by atoms with Gasteiger partial charge in [0.15, 0.2) is 0 Å². The first-order chi connectivity index (χ1) is 12.7. The average molecular weight is 355 g/mol. The van der Waals surface area contributed by atoms with Crippen molar-refractivity contribution >= 4 is 11.4 Å². The molecule has 1 aliphatic rings. The van der Waals surface area contributed by atoms with E-state index in [-0.39, 0.29) is 5.91 Å². The number of nitrogens with one attached hydrogen (secondary N) is 1. The van der Waals surface area contributed by atoms with Crippen LogP contribution in [0.25, 0.3) is 5.52 Å². The zero-order valence-corrected chi connectivity index (χ0v) is 15.1. The van der Waals surface area contributed by atoms with E-state index in [1.54, 1.807) is 7.11 Å². The number of fused-ring (bicyclic) bond motifs is 1. The zero-order chi connectivity index (χ0) is 18.4. The fourth-order valence-electron chi connectivity index (χ4n) is 3.32. The molecule has 138 valence electrons. The number of methoxy groups -OCH3 is 1. The number of carbonyl (C=O) groups is 1. The van der Waals surface area contributed by atoms with Gasteiger partial charge in [-0.3, -0.25) is 14.6 Å². The Morgan fingerprint density at radius 2 is 2.04 bits per heavy atom. The van der Waals surface area contributed by atoms with Gasteiger partial charge >= 0.3 is 0 Å². The number of hydrogen-bond donors (Lipinski definition) is 1. The number of ether oxygens (including phenoxy) is 1. The van der Waals surface area contributed by atoms with Gasteiger partial charge in [-0.1, -0.05) is 6.07 Å². The van der Waals surface area contributed by atoms with Crippen LogP contribution in [0.2, 0.25) is 0 Å². The van der Waals surface area contributed by atoms with E-state index in [0.29, 0.717) is 19.7 Å². The molecule has 3 rings (SSSR count). The van der Waals surface area contributed by atoms with Crippen LogP contribution in [0.3, 0.4) is 0 Å². The fraction of sp³-hybridized carbons (Fsp3) is 0.474. The molecule has 0 spiro atoms. The van der Waals surface area contributed by atoms with Gasteiger partial charge in [0.25, 0.3) is 0 Å². The molecule has 2 aromatic rings. The van der Waals surface area contributed by atoms with Gasteiger partial charge in [0.05, 0.1) is 24.2 Å². The van der Waals surface area contributed by atoms with Crippen LogP contribution < -0.4 is 5.32 Å². The minimum atomic E-state index is 0.0425. The molecule has 1 fully saturated rings. The smallest absolute Gasteiger partial charge is 0.234 e. The molecular weight excluding hydrogens is 330 g/mol. The lowest BCUT2D eigenvalue weighted by Crippen LogP contribution is -2.49. The summed E-state index contributed by atoms with van der Waals surface area (Å²) >= 11 is 0. The van der Waals surface area contributed by atoms with Gasteiger partial charge < -0.3 is 14.5 Å². The van der Waals surface area contributed by atoms with Crippen molar-refractivity contribution in [2.24, 2.45) is 0 Å². The number of amides is 1. The quantitative estimate of drug-likeness (QED) is 0.740. The Labute approximate surface area is 153 Å². The first kappa shape index (κ1) is 18.4. The molecule has 0 aliphatic carbocycles. The summed E-state index contributed by atoms with van der Waals surface area (Å²) in [6.45, 7) is 5.77. The summed E-state index contributed by atoms with van der Waals surface area (Å²) in [7, 11) is 1.62. The van der Waals surface area contributed by atoms with Crippen molar-refractivity contribution < 1.29 is 9.53 Å². The van der Waals surface area contributed by atoms with E-state index in [2.05, 4.69) is 21.2 Å². The number of pyridine rings is 1. The monoisotopic (exact) mass is 355 g/mol. The number of rotatable bonds is 7. The summed E-state index contributed by atoms with van der Waals surface area (Å²) in [5, 5.41) is 12.4. The second-order valence-corrected chi connectivity index (χ2v) is 6.53. The third kappa shape index (κ3) is 4.41. The Kier molecular flexibility index (Phi) is 6.23. The molecular formula is C19H25N5O2. The van der Waals surface area contributed by atoms with E-state index in [1.807, 2.05) is 35.0 Å². The highest BCUT2D eigenvalue weighted by Gasteiger charge is 2.20. The van der Waals surface area contributed by atoms with Gasteiger partial charge in [-0.25, -0.2) is 0 Å². The maximum Gasteiger partial charge on any atom is 0.234 e. The molecule has 3 heterocycles. The Bertz CT molecular complexity index is 787. The van der Waals surface area contributed by atoms with E-state index in [0.717, 1.165) is 49.4 Å². The normalized spacial score (nSPS) is 15.8. The summed E-state index contributed by atoms with van der Waals surface area (Å²) in [6, 6.07) is 8.24. The highest BCUT2D eigenvalue weighted by molar-refractivity contribution is 5.78. The minimum absolute atomic E-state index is 0.0425. The molecule has 1 aliphatic heterocycles. The van der Waals surface area contributed by atoms with Crippen molar-refractivity contribution in [3.05, 3.63) is 41.7 Å². The van der Waals surface area contributed by atoms with E-state index < -0.39 is 0 Å². The lowest BCUT2D eigenvalue weighted by Gasteiger charge is -2.34. The second kappa shape index (κ2) is 8.81. The summed E-state index contributed by atoms with van der Waals surface area (Å²) in [5.74, 6) is 0.0425. The first-order valence-corrected chi connectivity index (χ1v) is 8.90. The Morgan fingerprint density at radius 1 is 1.27 bits per heavy atom. The second-order valence-electron chi connectivity index (χ2n) is 6.53. The standard InChI is InChI=1S/C19H25N5O2/c1-26-11-5-21-19(25)15-23-9-7-22(8-10-23)13-16-14-24-6-3-2-4-18(24)17(16)12-20/h2-4,6,14H,5,7-11,13,15H2,1H3,(H,21,25). The van der Waals surface area contributed by atoms with Crippen LogP contribution in [-0.4, -0.2) is 73.1 Å². The molecule has 2 aromatic heterocycles. The number of nitriles is 1. The van der Waals surface area contributed by atoms with Crippen LogP contribution in [-0.2, 0) is 16.1 Å². The summed E-state index contributed by atoms with van der Waals surface area (Å²) in [4.78, 5) is 16.4. The van der Waals surface area contributed by atoms with Crippen LogP contribution >= 0.6 is 0 Å². The molecule has 0 atom stereocenters. The maximum atomic E-state index is 11.9. The third-order valence-corrected chi connectivity index (χ3v) is 4.73. The van der Waals surface area contributed by atoms with Gasteiger partial charge in [0.1, 0.15) is 6.07 Å². The molecule has 0 bridgehead atoms. The molecule has 0 aromatic carbocycles. The van der Waals surface area contributed by atoms with E-state index in [9.17, 15) is 10.1 Å². The third-order valence-electron chi connectivity index (χ3n) is 4.73. The summed E-state index contributed by atoms with van der Waals surface area (Å²) in [6.07, 6.45) is 4.02. The van der Waals surface area contributed by atoms with Crippen molar-refractivity contribution in [3.63, 3.8) is 0 Å². The largest absolute Gasteiger partial charge is 0.383 e. The summed E-state index contributed by atoms with van der Waals surface area (Å²) in [5.41, 5.74) is 2.77. The molecule has 1 amide bonds. The zero-order valence-electron chi connectivity index (χ0n) is 15.1. The minimum Gasteiger partial charge on any atom is -0.383 e. The molecule has 0 unspecified atom stereocenters. The Balaban J connectivity index is 1.52. The van der Waals surface area contributed by atoms with Gasteiger partial charge in [-0.15, -0.1) is 0 Å². The molecule has 1 N–H and O–H groups in total. The first-order valence-electron chi connectivity index (χ1n) is 8.90. The number of aromatic nitrogens is 1. The average Bonchev–Trinajstić information content (AvgIpc) is 3.00. The molecule has 7 nitrogen and oxygen atoms in total. The Morgan fingerprint density at radius 3 is 2.77 bits per heavy atom. The van der Waals surface area contributed by atoms with Gasteiger partial charge in [-0.05, 0) is 12.1 Å². The van der Waals surface area contributed by atoms with Crippen LogP contribution in [0, 0.1) is 11.3 Å². The summed E-state index contributed by atoms with van der Waals surface area (Å²) < 4.78 is 6.94. The van der Waals surface area contributed by atoms with Crippen LogP contribution in [0.4, 0.5) is 0 Å². The van der Waals surface area contributed by atoms with Gasteiger partial charge in [0.2, 0.25) is 5.91 Å². The topological polar surface area (TPSA) is 73.0 Å². The molecule has 0 saturated carbocycles. The van der Waals surface area contributed by atoms with Gasteiger partial charge in [0, 0.05) is 64.3 Å². The van der Waals surface area contributed by atoms with Gasteiger partial charge in [-0.2, -0.15) is 5.26 Å². The van der Waals surface area contributed by atoms with Crippen molar-refractivity contribution in [2.75, 3.05) is 53.0 Å². The van der Waals surface area contributed by atoms with Crippen molar-refractivity contribution in [3.8, 4) is 6.07 Å². The SMILES string of the molecule is COCCNC(=O)CN1CCN(Cc2cn3ccccc3c2C#N)CC1. The van der Waals surface area contributed by atoms with Crippen LogP contribution in [0.15, 0.2) is 30.6 Å². The van der Waals surface area contributed by atoms with Crippen LogP contribution in [0.1, 0.15) is 11.1 Å². The van der Waals surface area contributed by atoms with E-state index >= 15 is 0 Å². The van der Waals surface area contributed by atoms with E-state index in [4.69, 9.17) is 4.74 Å². The fourth-order valence-corrected chi connectivity index (χ4v) is 3.32. The number of piperazine rings is 1. The maximum absolute atomic E-state index is 11.9. The van der Waals surface area contributed by atoms with Crippen LogP contribution in [0.5, 0.6) is 0 Å². The van der Waals surface area contributed by atoms with Crippen molar-refractivity contribution in [1.82, 2.24) is 19.5 Å². The molecule has 1 saturated heterocycles. The number of carbonyl (C=O) groups excluding carboxylic acids is 1. The lowest BCUT2D eigenvalue weighted by atomic mass is 10.1. The van der Waals surface area contributed by atoms with E-state index in [1.165, 1.54) is 0 Å². The Hall–Kier alpha value is -2.40. The number of hydrogen-bond acceptors (Lipinski definition) is 5. The molecule has 0 radical (unpaired) electrons. The number of nitrogens with zero attached hydrogens (tertiary/aromatic N) is 4. The highest BCUT2D eigenvalue weighted by atomic mass is 16.5. The van der Waals surface area contributed by atoms with Crippen molar-refractivity contribution in [1.29, 1.82) is 5.26 Å². The molecule has 7 heteroatoms. The lowest BCUT2D eigenvalue weighted by molar-refractivity contribution is -0.122.